The second-order valence-electron chi connectivity index (χ2n) is 2.99. The predicted molar refractivity (Wildman–Crippen MR) is 54.2 cm³/mol. The molecular weight excluding hydrogens is 176 g/mol. The van der Waals surface area contributed by atoms with Crippen molar-refractivity contribution in [3.63, 3.8) is 0 Å². The molecule has 0 aromatic heterocycles. The minimum atomic E-state index is -0.141. The summed E-state index contributed by atoms with van der Waals surface area (Å²) in [5.41, 5.74) is 0. The Hall–Kier alpha value is 0.660. The van der Waals surface area contributed by atoms with E-state index < -0.39 is 0 Å². The molecule has 11 heavy (non-hydrogen) atoms. The Balaban J connectivity index is 2.49. The predicted octanol–water partition coefficient (Wildman–Crippen LogP) is 2.34. The highest BCUT2D eigenvalue weighted by atomic mass is 32.2. The van der Waals surface area contributed by atoms with E-state index >= 15 is 0 Å². The smallest absolute Gasteiger partial charge is 0.0840 e. The van der Waals surface area contributed by atoms with E-state index in [1.807, 2.05) is 30.4 Å². The van der Waals surface area contributed by atoms with Crippen LogP contribution >= 0.6 is 23.5 Å². The molecule has 1 aliphatic rings. The Kier molecular flexibility index (Phi) is 3.59. The van der Waals surface area contributed by atoms with Gasteiger partial charge >= 0.3 is 0 Å². The molecule has 1 rings (SSSR count). The summed E-state index contributed by atoms with van der Waals surface area (Å²) in [6.45, 7) is 4.21. The summed E-state index contributed by atoms with van der Waals surface area (Å²) in [5, 5.41) is 9.70. The molecule has 0 aliphatic carbocycles. The van der Waals surface area contributed by atoms with Crippen LogP contribution < -0.4 is 0 Å². The van der Waals surface area contributed by atoms with E-state index in [-0.39, 0.29) is 10.2 Å². The van der Waals surface area contributed by atoms with Gasteiger partial charge in [-0.05, 0) is 31.3 Å². The first-order valence-electron chi connectivity index (χ1n) is 4.15. The summed E-state index contributed by atoms with van der Waals surface area (Å²) >= 11 is 3.82. The molecule has 0 aromatic carbocycles. The molecule has 1 fully saturated rings. The minimum Gasteiger partial charge on any atom is -0.391 e. The van der Waals surface area contributed by atoms with Gasteiger partial charge in [-0.25, -0.2) is 0 Å². The molecule has 0 amide bonds. The fourth-order valence-electron chi connectivity index (χ4n) is 1.21. The Morgan fingerprint density at radius 2 is 2.00 bits per heavy atom. The first-order valence-corrected chi connectivity index (χ1v) is 6.12. The number of thioether (sulfide) groups is 2. The summed E-state index contributed by atoms with van der Waals surface area (Å²) in [6, 6.07) is 0. The van der Waals surface area contributed by atoms with Crippen LogP contribution in [0.25, 0.3) is 0 Å². The Bertz CT molecular complexity index is 121. The molecule has 1 N–H and O–H groups in total. The number of hydrogen-bond acceptors (Lipinski definition) is 3. The summed E-state index contributed by atoms with van der Waals surface area (Å²) in [5.74, 6) is 2.42. The van der Waals surface area contributed by atoms with Gasteiger partial charge in [-0.3, -0.25) is 0 Å². The summed E-state index contributed by atoms with van der Waals surface area (Å²) in [7, 11) is 0. The maximum atomic E-state index is 9.70. The SMILES string of the molecule is CC[C@@H](O)C1(C)SCCCS1. The Morgan fingerprint density at radius 3 is 2.45 bits per heavy atom. The molecule has 0 unspecified atom stereocenters. The standard InChI is InChI=1S/C8H16OS2/c1-3-7(9)8(2)10-5-4-6-11-8/h7,9H,3-6H2,1-2H3/t7-/m1/s1. The Morgan fingerprint density at radius 1 is 1.45 bits per heavy atom. The van der Waals surface area contributed by atoms with Crippen LogP contribution in [0, 0.1) is 0 Å². The molecule has 0 bridgehead atoms. The average molecular weight is 192 g/mol. The highest BCUT2D eigenvalue weighted by Crippen LogP contribution is 2.44. The van der Waals surface area contributed by atoms with E-state index in [1.165, 1.54) is 17.9 Å². The number of rotatable bonds is 2. The average Bonchev–Trinajstić information content (AvgIpc) is 2.04. The molecule has 1 nitrogen and oxygen atoms in total. The molecule has 0 radical (unpaired) electrons. The van der Waals surface area contributed by atoms with Crippen molar-refractivity contribution < 1.29 is 5.11 Å². The van der Waals surface area contributed by atoms with Crippen molar-refractivity contribution in [3.05, 3.63) is 0 Å². The largest absolute Gasteiger partial charge is 0.391 e. The van der Waals surface area contributed by atoms with E-state index in [2.05, 4.69) is 6.92 Å². The summed E-state index contributed by atoms with van der Waals surface area (Å²) in [6.07, 6.45) is 2.02. The van der Waals surface area contributed by atoms with Gasteiger partial charge in [0.1, 0.15) is 0 Å². The van der Waals surface area contributed by atoms with Crippen molar-refractivity contribution in [1.29, 1.82) is 0 Å². The van der Waals surface area contributed by atoms with Gasteiger partial charge in [-0.15, -0.1) is 23.5 Å². The number of aliphatic hydroxyl groups is 1. The topological polar surface area (TPSA) is 20.2 Å². The third-order valence-corrected chi connectivity index (χ3v) is 5.44. The van der Waals surface area contributed by atoms with E-state index in [0.717, 1.165) is 6.42 Å². The van der Waals surface area contributed by atoms with E-state index in [0.29, 0.717) is 0 Å². The third-order valence-electron chi connectivity index (χ3n) is 2.06. The quantitative estimate of drug-likeness (QED) is 0.725. The van der Waals surface area contributed by atoms with Crippen LogP contribution in [0.1, 0.15) is 26.7 Å². The van der Waals surface area contributed by atoms with Crippen molar-refractivity contribution in [2.75, 3.05) is 11.5 Å². The zero-order chi connectivity index (χ0) is 8.32. The highest BCUT2D eigenvalue weighted by Gasteiger charge is 2.34. The first-order chi connectivity index (χ1) is 5.19. The lowest BCUT2D eigenvalue weighted by molar-refractivity contribution is 0.161. The van der Waals surface area contributed by atoms with Crippen LogP contribution in [-0.2, 0) is 0 Å². The van der Waals surface area contributed by atoms with Crippen LogP contribution in [0.15, 0.2) is 0 Å². The molecular formula is C8H16OS2. The van der Waals surface area contributed by atoms with Crippen molar-refractivity contribution >= 4 is 23.5 Å². The monoisotopic (exact) mass is 192 g/mol. The van der Waals surface area contributed by atoms with E-state index in [4.69, 9.17) is 0 Å². The van der Waals surface area contributed by atoms with Gasteiger partial charge in [0.25, 0.3) is 0 Å². The van der Waals surface area contributed by atoms with Gasteiger partial charge in [-0.1, -0.05) is 6.92 Å². The number of hydrogen-bond donors (Lipinski definition) is 1. The van der Waals surface area contributed by atoms with Crippen LogP contribution in [0.5, 0.6) is 0 Å². The van der Waals surface area contributed by atoms with Crippen molar-refractivity contribution in [1.82, 2.24) is 0 Å². The fourth-order valence-corrected chi connectivity index (χ4v) is 4.34. The second kappa shape index (κ2) is 4.06. The normalized spacial score (nSPS) is 26.5. The zero-order valence-corrected chi connectivity index (χ0v) is 8.80. The van der Waals surface area contributed by atoms with Crippen LogP contribution in [0.3, 0.4) is 0 Å². The van der Waals surface area contributed by atoms with Gasteiger partial charge in [0.2, 0.25) is 0 Å². The van der Waals surface area contributed by atoms with E-state index in [1.54, 1.807) is 0 Å². The Labute approximate surface area is 77.3 Å². The van der Waals surface area contributed by atoms with Gasteiger partial charge < -0.3 is 5.11 Å². The molecule has 1 atom stereocenters. The summed E-state index contributed by atoms with van der Waals surface area (Å²) in [4.78, 5) is 0. The molecule has 0 saturated carbocycles. The lowest BCUT2D eigenvalue weighted by Crippen LogP contribution is -2.35. The second-order valence-corrected chi connectivity index (χ2v) is 6.34. The molecule has 3 heteroatoms. The fraction of sp³-hybridized carbons (Fsp3) is 1.00. The summed E-state index contributed by atoms with van der Waals surface area (Å²) < 4.78 is 0.0764. The van der Waals surface area contributed by atoms with E-state index in [9.17, 15) is 5.11 Å². The first kappa shape index (κ1) is 9.75. The van der Waals surface area contributed by atoms with Gasteiger partial charge in [0, 0.05) is 0 Å². The third kappa shape index (κ3) is 2.30. The lowest BCUT2D eigenvalue weighted by atomic mass is 10.2. The highest BCUT2D eigenvalue weighted by molar-refractivity contribution is 8.18. The van der Waals surface area contributed by atoms with Gasteiger partial charge in [0.15, 0.2) is 0 Å². The zero-order valence-electron chi connectivity index (χ0n) is 7.17. The molecule has 1 saturated heterocycles. The molecule has 0 aromatic rings. The van der Waals surface area contributed by atoms with Crippen molar-refractivity contribution in [3.8, 4) is 0 Å². The van der Waals surface area contributed by atoms with Crippen LogP contribution in [0.4, 0.5) is 0 Å². The van der Waals surface area contributed by atoms with Gasteiger partial charge in [0.05, 0.1) is 10.2 Å². The van der Waals surface area contributed by atoms with Gasteiger partial charge in [-0.2, -0.15) is 0 Å². The molecule has 66 valence electrons. The molecule has 0 spiro atoms. The molecule has 1 aliphatic heterocycles. The maximum Gasteiger partial charge on any atom is 0.0840 e. The minimum absolute atomic E-state index is 0.0764. The van der Waals surface area contributed by atoms with Crippen LogP contribution in [0.2, 0.25) is 0 Å². The lowest BCUT2D eigenvalue weighted by Gasteiger charge is -2.36. The van der Waals surface area contributed by atoms with Crippen LogP contribution in [-0.4, -0.2) is 26.8 Å². The molecule has 1 heterocycles. The van der Waals surface area contributed by atoms with Crippen molar-refractivity contribution in [2.45, 2.75) is 36.9 Å². The maximum absolute atomic E-state index is 9.70. The van der Waals surface area contributed by atoms with Crippen molar-refractivity contribution in [2.24, 2.45) is 0 Å². The number of aliphatic hydroxyl groups excluding tert-OH is 1.